The molecule has 0 rings (SSSR count). The van der Waals surface area contributed by atoms with E-state index in [1.807, 2.05) is 0 Å². The summed E-state index contributed by atoms with van der Waals surface area (Å²) in [5.74, 6) is 1.12. The third-order valence-electron chi connectivity index (χ3n) is 2.72. The topological polar surface area (TPSA) is 0 Å². The molecule has 0 atom stereocenters. The highest BCUT2D eigenvalue weighted by Crippen LogP contribution is 2.12. The molecular weight excluding hydrogens is 252 g/mol. The third-order valence-corrected chi connectivity index (χ3v) is 4.15. The molecule has 0 bridgehead atoms. The number of hydrogen-bond donors (Lipinski definition) is 0. The molecule has 0 spiro atoms. The highest BCUT2D eigenvalue weighted by atomic mass is 32.2. The molecule has 0 aliphatic carbocycles. The van der Waals surface area contributed by atoms with Crippen LogP contribution in [-0.4, -0.2) is 9.28 Å². The predicted molar refractivity (Wildman–Crippen MR) is 84.3 cm³/mol. The zero-order chi connectivity index (χ0) is 12.1. The van der Waals surface area contributed by atoms with Crippen LogP contribution in [0.4, 0.5) is 0 Å². The molecule has 0 radical (unpaired) electrons. The van der Waals surface area contributed by atoms with Gasteiger partial charge in [0, 0.05) is 0 Å². The highest BCUT2D eigenvalue weighted by Gasteiger charge is 1.92. The van der Waals surface area contributed by atoms with Crippen molar-refractivity contribution >= 4 is 40.1 Å². The van der Waals surface area contributed by atoms with Gasteiger partial charge in [0.25, 0.3) is 0 Å². The zero-order valence-corrected chi connectivity index (χ0v) is 13.0. The van der Waals surface area contributed by atoms with Crippen LogP contribution in [0.5, 0.6) is 0 Å². The summed E-state index contributed by atoms with van der Waals surface area (Å²) in [5, 5.41) is 0. The van der Waals surface area contributed by atoms with Crippen molar-refractivity contribution in [1.29, 1.82) is 0 Å². The van der Waals surface area contributed by atoms with Gasteiger partial charge in [-0.25, -0.2) is 0 Å². The average Bonchev–Trinajstić information content (AvgIpc) is 2.25. The second-order valence-corrected chi connectivity index (χ2v) is 6.98. The fourth-order valence-corrected chi connectivity index (χ4v) is 2.76. The maximum atomic E-state index is 4.84. The Morgan fingerprint density at radius 3 is 1.75 bits per heavy atom. The minimum absolute atomic E-state index is 0.677. The molecule has 0 heterocycles. The second kappa shape index (κ2) is 13.7. The van der Waals surface area contributed by atoms with Gasteiger partial charge in [-0.05, 0) is 12.2 Å². The van der Waals surface area contributed by atoms with Gasteiger partial charge in [0.2, 0.25) is 0 Å². The molecule has 0 aromatic heterocycles. The van der Waals surface area contributed by atoms with Gasteiger partial charge in [0.1, 0.15) is 0 Å². The molecule has 96 valence electrons. The van der Waals surface area contributed by atoms with Crippen molar-refractivity contribution in [3.05, 3.63) is 0 Å². The van der Waals surface area contributed by atoms with E-state index in [1.54, 1.807) is 11.8 Å². The zero-order valence-electron chi connectivity index (χ0n) is 10.5. The molecule has 0 nitrogen and oxygen atoms in total. The summed E-state index contributed by atoms with van der Waals surface area (Å²) in [6.45, 7) is 2.27. The van der Waals surface area contributed by atoms with E-state index < -0.39 is 0 Å². The molecule has 0 unspecified atom stereocenters. The fraction of sp³-hybridized carbons (Fsp3) is 0.923. The van der Waals surface area contributed by atoms with Crippen molar-refractivity contribution < 1.29 is 0 Å². The van der Waals surface area contributed by atoms with Crippen molar-refractivity contribution in [3.8, 4) is 0 Å². The molecule has 3 heteroatoms. The molecular formula is C13H25S3-. The molecule has 0 aliphatic heterocycles. The van der Waals surface area contributed by atoms with E-state index in [9.17, 15) is 0 Å². The van der Waals surface area contributed by atoms with Crippen LogP contribution in [0.1, 0.15) is 71.1 Å². The van der Waals surface area contributed by atoms with Crippen LogP contribution < -0.4 is 0 Å². The van der Waals surface area contributed by atoms with Crippen LogP contribution in [0.15, 0.2) is 0 Å². The maximum absolute atomic E-state index is 4.84. The predicted octanol–water partition coefficient (Wildman–Crippen LogP) is 5.47. The van der Waals surface area contributed by atoms with Gasteiger partial charge in [-0.1, -0.05) is 68.2 Å². The lowest BCUT2D eigenvalue weighted by Gasteiger charge is -2.04. The van der Waals surface area contributed by atoms with Crippen LogP contribution in [0.3, 0.4) is 0 Å². The molecule has 0 fully saturated rings. The summed E-state index contributed by atoms with van der Waals surface area (Å²) < 4.78 is 0.677. The van der Waals surface area contributed by atoms with E-state index >= 15 is 0 Å². The Morgan fingerprint density at radius 1 is 0.875 bits per heavy atom. The number of rotatable bonds is 11. The Morgan fingerprint density at radius 2 is 1.31 bits per heavy atom. The molecule has 0 N–H and O–H groups in total. The largest absolute Gasteiger partial charge is 0.422 e. The minimum atomic E-state index is 0.677. The minimum Gasteiger partial charge on any atom is -0.422 e. The van der Waals surface area contributed by atoms with E-state index in [4.69, 9.17) is 24.8 Å². The average molecular weight is 278 g/mol. The molecule has 0 saturated heterocycles. The summed E-state index contributed by atoms with van der Waals surface area (Å²) in [4.78, 5) is 0. The monoisotopic (exact) mass is 277 g/mol. The first kappa shape index (κ1) is 16.7. The molecule has 16 heavy (non-hydrogen) atoms. The summed E-state index contributed by atoms with van der Waals surface area (Å²) in [5.41, 5.74) is 0. The molecule has 0 saturated carbocycles. The SMILES string of the molecule is CCCCCCCCCCCCSC(=S)[S-]. The number of thiocarbonyl (C=S) groups is 1. The Labute approximate surface area is 117 Å². The summed E-state index contributed by atoms with van der Waals surface area (Å²) in [6.07, 6.45) is 13.9. The first-order valence-corrected chi connectivity index (χ1v) is 8.41. The lowest BCUT2D eigenvalue weighted by Crippen LogP contribution is -1.86. The van der Waals surface area contributed by atoms with E-state index in [2.05, 4.69) is 6.92 Å². The van der Waals surface area contributed by atoms with Crippen LogP contribution in [-0.2, 0) is 12.6 Å². The van der Waals surface area contributed by atoms with Crippen molar-refractivity contribution in [3.63, 3.8) is 0 Å². The van der Waals surface area contributed by atoms with Crippen molar-refractivity contribution in [2.75, 3.05) is 5.75 Å². The van der Waals surface area contributed by atoms with Gasteiger partial charge in [0.15, 0.2) is 0 Å². The van der Waals surface area contributed by atoms with E-state index in [-0.39, 0.29) is 0 Å². The van der Waals surface area contributed by atoms with Gasteiger partial charge >= 0.3 is 0 Å². The molecule has 0 aromatic rings. The molecule has 0 amide bonds. The molecule has 0 aliphatic rings. The Hall–Kier alpha value is 0.660. The van der Waals surface area contributed by atoms with Crippen LogP contribution in [0, 0.1) is 0 Å². The van der Waals surface area contributed by atoms with Crippen LogP contribution in [0.2, 0.25) is 0 Å². The first-order chi connectivity index (χ1) is 7.77. The van der Waals surface area contributed by atoms with Gasteiger partial charge < -0.3 is 24.8 Å². The first-order valence-electron chi connectivity index (χ1n) is 6.61. The maximum Gasteiger partial charge on any atom is -0.00357 e. The number of thioether (sulfide) groups is 1. The lowest BCUT2D eigenvalue weighted by molar-refractivity contribution is 0.563. The molecule has 0 aromatic carbocycles. The smallest absolute Gasteiger partial charge is 0.00357 e. The van der Waals surface area contributed by atoms with Crippen molar-refractivity contribution in [1.82, 2.24) is 0 Å². The Bertz CT molecular complexity index is 157. The Kier molecular flexibility index (Phi) is 14.3. The van der Waals surface area contributed by atoms with Crippen LogP contribution in [0.25, 0.3) is 0 Å². The summed E-state index contributed by atoms with van der Waals surface area (Å²) in [6, 6.07) is 0. The van der Waals surface area contributed by atoms with Gasteiger partial charge in [-0.15, -0.1) is 11.8 Å². The Balaban J connectivity index is 2.90. The fourth-order valence-electron chi connectivity index (χ4n) is 1.75. The van der Waals surface area contributed by atoms with E-state index in [0.29, 0.717) is 3.53 Å². The quantitative estimate of drug-likeness (QED) is 0.279. The van der Waals surface area contributed by atoms with Crippen LogP contribution >= 0.6 is 24.0 Å². The summed E-state index contributed by atoms with van der Waals surface area (Å²) in [7, 11) is 0. The van der Waals surface area contributed by atoms with E-state index in [0.717, 1.165) is 5.75 Å². The van der Waals surface area contributed by atoms with Gasteiger partial charge in [-0.3, -0.25) is 0 Å². The van der Waals surface area contributed by atoms with Gasteiger partial charge in [0.05, 0.1) is 0 Å². The lowest BCUT2D eigenvalue weighted by atomic mass is 10.1. The van der Waals surface area contributed by atoms with E-state index in [1.165, 1.54) is 64.2 Å². The highest BCUT2D eigenvalue weighted by molar-refractivity contribution is 8.36. The van der Waals surface area contributed by atoms with Gasteiger partial charge in [-0.2, -0.15) is 0 Å². The van der Waals surface area contributed by atoms with Crippen molar-refractivity contribution in [2.24, 2.45) is 0 Å². The summed E-state index contributed by atoms with van der Waals surface area (Å²) >= 11 is 11.3. The van der Waals surface area contributed by atoms with Crippen molar-refractivity contribution in [2.45, 2.75) is 71.1 Å². The second-order valence-electron chi connectivity index (χ2n) is 4.28. The third kappa shape index (κ3) is 14.7. The standard InChI is InChI=1S/C13H26S3/c1-2-3-4-5-6-7-8-9-10-11-12-16-13(14)15/h2-12H2,1H3,(H,14,15)/p-1. The normalized spacial score (nSPS) is 10.6. The number of unbranched alkanes of at least 4 members (excludes halogenated alkanes) is 9. The number of hydrogen-bond acceptors (Lipinski definition) is 3.